The van der Waals surface area contributed by atoms with Crippen molar-refractivity contribution in [3.05, 3.63) is 0 Å². The monoisotopic (exact) mass is 210 g/mol. The van der Waals surface area contributed by atoms with Crippen molar-refractivity contribution in [3.8, 4) is 0 Å². The summed E-state index contributed by atoms with van der Waals surface area (Å²) in [6, 6.07) is 0. The second kappa shape index (κ2) is 4.52. The van der Waals surface area contributed by atoms with Gasteiger partial charge in [0.15, 0.2) is 0 Å². The van der Waals surface area contributed by atoms with Crippen LogP contribution in [0.3, 0.4) is 0 Å². The van der Waals surface area contributed by atoms with Crippen LogP contribution in [-0.4, -0.2) is 67.3 Å². The zero-order chi connectivity index (χ0) is 11.6. The van der Waals surface area contributed by atoms with E-state index in [1.807, 2.05) is 0 Å². The molecule has 0 aromatic carbocycles. The summed E-state index contributed by atoms with van der Waals surface area (Å²) >= 11 is 0. The van der Waals surface area contributed by atoms with E-state index < -0.39 is 36.6 Å². The summed E-state index contributed by atoms with van der Waals surface area (Å²) in [5, 5.41) is 55.0. The maximum Gasteiger partial charge on any atom is 0.121 e. The average molecular weight is 210 g/mol. The van der Waals surface area contributed by atoms with E-state index in [1.54, 1.807) is 0 Å². The van der Waals surface area contributed by atoms with Gasteiger partial charge in [-0.1, -0.05) is 0 Å². The molecule has 0 aliphatic carbocycles. The van der Waals surface area contributed by atoms with Gasteiger partial charge in [-0.2, -0.15) is 0 Å². The van der Waals surface area contributed by atoms with E-state index in [2.05, 4.69) is 0 Å². The quantitative estimate of drug-likeness (QED) is 0.291. The third-order valence-electron chi connectivity index (χ3n) is 2.67. The highest BCUT2D eigenvalue weighted by Gasteiger charge is 2.51. The summed E-state index contributed by atoms with van der Waals surface area (Å²) in [5.41, 5.74) is -4.24. The lowest BCUT2D eigenvalue weighted by Crippen LogP contribution is -2.64. The van der Waals surface area contributed by atoms with Gasteiger partial charge in [-0.25, -0.2) is 0 Å². The van der Waals surface area contributed by atoms with E-state index in [1.165, 1.54) is 0 Å². The molecule has 6 nitrogen and oxygen atoms in total. The van der Waals surface area contributed by atoms with Gasteiger partial charge in [0.05, 0.1) is 13.2 Å². The van der Waals surface area contributed by atoms with Crippen LogP contribution in [0.25, 0.3) is 0 Å². The standard InChI is InChI=1S/C8H18O6/c1-7(13,5(11)3-9)8(2,14)6(12)4-10/h5-6,9-14H,3-4H2,1-2H3/t5-,6-,7-,8-/m1/s1. The Kier molecular flexibility index (Phi) is 4.44. The maximum atomic E-state index is 9.68. The van der Waals surface area contributed by atoms with Crippen LogP contribution in [0.4, 0.5) is 0 Å². The zero-order valence-electron chi connectivity index (χ0n) is 8.25. The van der Waals surface area contributed by atoms with Gasteiger partial charge in [0.1, 0.15) is 23.4 Å². The Bertz CT molecular complexity index is 159. The van der Waals surface area contributed by atoms with Crippen molar-refractivity contribution in [1.82, 2.24) is 0 Å². The summed E-state index contributed by atoms with van der Waals surface area (Å²) in [7, 11) is 0. The Morgan fingerprint density at radius 1 is 0.857 bits per heavy atom. The second-order valence-corrected chi connectivity index (χ2v) is 3.69. The molecule has 0 unspecified atom stereocenters. The first kappa shape index (κ1) is 13.8. The first-order valence-corrected chi connectivity index (χ1v) is 4.24. The third-order valence-corrected chi connectivity index (χ3v) is 2.67. The predicted molar refractivity (Wildman–Crippen MR) is 47.4 cm³/mol. The van der Waals surface area contributed by atoms with Crippen molar-refractivity contribution in [1.29, 1.82) is 0 Å². The second-order valence-electron chi connectivity index (χ2n) is 3.69. The van der Waals surface area contributed by atoms with Gasteiger partial charge in [-0.3, -0.25) is 0 Å². The molecular weight excluding hydrogens is 192 g/mol. The van der Waals surface area contributed by atoms with Gasteiger partial charge in [-0.05, 0) is 13.8 Å². The molecule has 0 bridgehead atoms. The molecule has 0 fully saturated rings. The van der Waals surface area contributed by atoms with Gasteiger partial charge in [0.25, 0.3) is 0 Å². The van der Waals surface area contributed by atoms with E-state index in [4.69, 9.17) is 10.2 Å². The van der Waals surface area contributed by atoms with Gasteiger partial charge in [0, 0.05) is 0 Å². The minimum Gasteiger partial charge on any atom is -0.394 e. The summed E-state index contributed by atoms with van der Waals surface area (Å²) in [4.78, 5) is 0. The molecule has 0 heterocycles. The van der Waals surface area contributed by atoms with Crippen molar-refractivity contribution < 1.29 is 30.6 Å². The van der Waals surface area contributed by atoms with Gasteiger partial charge < -0.3 is 30.6 Å². The fourth-order valence-electron chi connectivity index (χ4n) is 1.03. The van der Waals surface area contributed by atoms with E-state index in [0.717, 1.165) is 13.8 Å². The van der Waals surface area contributed by atoms with Gasteiger partial charge in [-0.15, -0.1) is 0 Å². The highest BCUT2D eigenvalue weighted by Crippen LogP contribution is 2.28. The highest BCUT2D eigenvalue weighted by molar-refractivity contribution is 5.02. The van der Waals surface area contributed by atoms with Crippen LogP contribution in [0, 0.1) is 0 Å². The van der Waals surface area contributed by atoms with E-state index >= 15 is 0 Å². The van der Waals surface area contributed by atoms with E-state index in [9.17, 15) is 20.4 Å². The lowest BCUT2D eigenvalue weighted by molar-refractivity contribution is -0.233. The minimum atomic E-state index is -2.12. The zero-order valence-corrected chi connectivity index (χ0v) is 8.25. The Hall–Kier alpha value is -0.240. The first-order valence-electron chi connectivity index (χ1n) is 4.24. The van der Waals surface area contributed by atoms with E-state index in [-0.39, 0.29) is 0 Å². The normalized spacial score (nSPS) is 24.9. The number of aliphatic hydroxyl groups is 6. The molecule has 0 aliphatic rings. The molecule has 0 radical (unpaired) electrons. The Labute approximate surface area is 82.1 Å². The molecule has 14 heavy (non-hydrogen) atoms. The summed E-state index contributed by atoms with van der Waals surface area (Å²) in [5.74, 6) is 0. The molecule has 0 aliphatic heterocycles. The molecule has 0 amide bonds. The summed E-state index contributed by atoms with van der Waals surface area (Å²) < 4.78 is 0. The summed E-state index contributed by atoms with van der Waals surface area (Å²) in [6.07, 6.45) is -3.22. The fraction of sp³-hybridized carbons (Fsp3) is 1.00. The molecule has 0 aromatic heterocycles. The predicted octanol–water partition coefficient (Wildman–Crippen LogP) is -2.81. The molecule has 6 N–H and O–H groups in total. The van der Waals surface area contributed by atoms with Crippen LogP contribution in [0.2, 0.25) is 0 Å². The minimum absolute atomic E-state index is 0.763. The summed E-state index contributed by atoms with van der Waals surface area (Å²) in [6.45, 7) is 0.599. The number of rotatable bonds is 5. The molecule has 0 saturated carbocycles. The highest BCUT2D eigenvalue weighted by atomic mass is 16.4. The molecule has 0 aromatic rings. The van der Waals surface area contributed by atoms with E-state index in [0.29, 0.717) is 0 Å². The number of aliphatic hydroxyl groups excluding tert-OH is 4. The van der Waals surface area contributed by atoms with Crippen LogP contribution in [0.5, 0.6) is 0 Å². The molecule has 4 atom stereocenters. The smallest absolute Gasteiger partial charge is 0.121 e. The largest absolute Gasteiger partial charge is 0.394 e. The Balaban J connectivity index is 4.85. The van der Waals surface area contributed by atoms with Gasteiger partial charge in [0.2, 0.25) is 0 Å². The molecule has 0 spiro atoms. The van der Waals surface area contributed by atoms with Crippen LogP contribution in [-0.2, 0) is 0 Å². The molecule has 6 heteroatoms. The lowest BCUT2D eigenvalue weighted by Gasteiger charge is -2.43. The van der Waals surface area contributed by atoms with Crippen molar-refractivity contribution in [2.75, 3.05) is 13.2 Å². The van der Waals surface area contributed by atoms with Crippen LogP contribution >= 0.6 is 0 Å². The Morgan fingerprint density at radius 3 is 1.21 bits per heavy atom. The molecule has 86 valence electrons. The van der Waals surface area contributed by atoms with Crippen molar-refractivity contribution >= 4 is 0 Å². The van der Waals surface area contributed by atoms with Gasteiger partial charge >= 0.3 is 0 Å². The number of hydrogen-bond donors (Lipinski definition) is 6. The first-order chi connectivity index (χ1) is 6.21. The molecular formula is C8H18O6. The van der Waals surface area contributed by atoms with Crippen LogP contribution in [0.1, 0.15) is 13.8 Å². The van der Waals surface area contributed by atoms with Crippen LogP contribution < -0.4 is 0 Å². The van der Waals surface area contributed by atoms with Crippen molar-refractivity contribution in [2.45, 2.75) is 37.3 Å². The Morgan fingerprint density at radius 2 is 1.07 bits per heavy atom. The lowest BCUT2D eigenvalue weighted by atomic mass is 9.78. The third kappa shape index (κ3) is 2.22. The van der Waals surface area contributed by atoms with Crippen molar-refractivity contribution in [2.24, 2.45) is 0 Å². The SMILES string of the molecule is C[C@@](O)([C@H](O)CO)[C@](C)(O)[C@H](O)CO. The van der Waals surface area contributed by atoms with Crippen molar-refractivity contribution in [3.63, 3.8) is 0 Å². The fourth-order valence-corrected chi connectivity index (χ4v) is 1.03. The maximum absolute atomic E-state index is 9.68. The molecule has 0 rings (SSSR count). The number of hydrogen-bond acceptors (Lipinski definition) is 6. The van der Waals surface area contributed by atoms with Crippen LogP contribution in [0.15, 0.2) is 0 Å². The topological polar surface area (TPSA) is 121 Å². The average Bonchev–Trinajstić information content (AvgIpc) is 2.14. The molecule has 0 saturated heterocycles.